The van der Waals surface area contributed by atoms with Crippen LogP contribution in [0.15, 0.2) is 65.2 Å². The second kappa shape index (κ2) is 8.49. The molecular formula is C23H27N3O. The summed E-state index contributed by atoms with van der Waals surface area (Å²) in [4.78, 5) is 7.15. The summed E-state index contributed by atoms with van der Waals surface area (Å²) in [5, 5.41) is 4.35. The van der Waals surface area contributed by atoms with Crippen LogP contribution in [0, 0.1) is 0 Å². The Morgan fingerprint density at radius 3 is 2.11 bits per heavy atom. The summed E-state index contributed by atoms with van der Waals surface area (Å²) in [6.07, 6.45) is 6.57. The summed E-state index contributed by atoms with van der Waals surface area (Å²) in [5.74, 6) is 1.43. The lowest BCUT2D eigenvalue weighted by molar-refractivity contribution is 0.165. The molecule has 0 bridgehead atoms. The highest BCUT2D eigenvalue weighted by Crippen LogP contribution is 2.30. The predicted molar refractivity (Wildman–Crippen MR) is 106 cm³/mol. The quantitative estimate of drug-likeness (QED) is 0.619. The molecule has 27 heavy (non-hydrogen) atoms. The largest absolute Gasteiger partial charge is 0.338 e. The van der Waals surface area contributed by atoms with Crippen molar-refractivity contribution >= 4 is 0 Å². The molecule has 4 heteroatoms. The van der Waals surface area contributed by atoms with E-state index in [1.54, 1.807) is 0 Å². The smallest absolute Gasteiger partial charge is 0.240 e. The van der Waals surface area contributed by atoms with Crippen molar-refractivity contribution < 1.29 is 4.52 Å². The number of rotatable bonds is 6. The standard InChI is InChI=1S/C23H27N3O/c1-26(20-15-9-4-10-16-20)17-21-24-23(25-27-21)22(18-11-5-2-6-12-18)19-13-7-3-8-14-19/h2-3,5-8,11-14,20,22H,4,9-10,15-17H2,1H3. The first-order valence-corrected chi connectivity index (χ1v) is 9.94. The first kappa shape index (κ1) is 17.9. The highest BCUT2D eigenvalue weighted by atomic mass is 16.5. The molecule has 1 fully saturated rings. The minimum Gasteiger partial charge on any atom is -0.338 e. The van der Waals surface area contributed by atoms with E-state index >= 15 is 0 Å². The Hall–Kier alpha value is -2.46. The van der Waals surface area contributed by atoms with Crippen LogP contribution >= 0.6 is 0 Å². The van der Waals surface area contributed by atoms with E-state index in [0.29, 0.717) is 18.5 Å². The third-order valence-corrected chi connectivity index (χ3v) is 5.59. The van der Waals surface area contributed by atoms with Crippen LogP contribution in [0.3, 0.4) is 0 Å². The molecule has 140 valence electrons. The predicted octanol–water partition coefficient (Wildman–Crippen LogP) is 5.01. The van der Waals surface area contributed by atoms with Gasteiger partial charge in [-0.3, -0.25) is 4.90 Å². The zero-order chi connectivity index (χ0) is 18.5. The number of hydrogen-bond acceptors (Lipinski definition) is 4. The molecule has 1 heterocycles. The summed E-state index contributed by atoms with van der Waals surface area (Å²) in [7, 11) is 2.17. The number of aromatic nitrogens is 2. The van der Waals surface area contributed by atoms with Crippen molar-refractivity contribution in [1.82, 2.24) is 15.0 Å². The van der Waals surface area contributed by atoms with E-state index < -0.39 is 0 Å². The maximum absolute atomic E-state index is 5.65. The van der Waals surface area contributed by atoms with Gasteiger partial charge in [-0.2, -0.15) is 4.98 Å². The van der Waals surface area contributed by atoms with Gasteiger partial charge in [-0.05, 0) is 31.0 Å². The highest BCUT2D eigenvalue weighted by Gasteiger charge is 2.24. The molecule has 1 saturated carbocycles. The SMILES string of the molecule is CN(Cc1nc(C(c2ccccc2)c2ccccc2)no1)C1CCCCC1. The van der Waals surface area contributed by atoms with Crippen molar-refractivity contribution in [3.8, 4) is 0 Å². The van der Waals surface area contributed by atoms with Crippen LogP contribution in [0.4, 0.5) is 0 Å². The van der Waals surface area contributed by atoms with Crippen LogP contribution in [0.2, 0.25) is 0 Å². The van der Waals surface area contributed by atoms with E-state index in [9.17, 15) is 0 Å². The zero-order valence-electron chi connectivity index (χ0n) is 15.9. The maximum Gasteiger partial charge on any atom is 0.240 e. The van der Waals surface area contributed by atoms with Gasteiger partial charge in [0, 0.05) is 6.04 Å². The van der Waals surface area contributed by atoms with Crippen LogP contribution in [-0.4, -0.2) is 28.1 Å². The Labute approximate surface area is 161 Å². The Balaban J connectivity index is 1.57. The summed E-state index contributed by atoms with van der Waals surface area (Å²) >= 11 is 0. The average molecular weight is 361 g/mol. The molecule has 0 saturated heterocycles. The molecule has 0 radical (unpaired) electrons. The molecule has 0 atom stereocenters. The molecule has 4 nitrogen and oxygen atoms in total. The Kier molecular flexibility index (Phi) is 5.64. The summed E-state index contributed by atoms with van der Waals surface area (Å²) < 4.78 is 5.65. The van der Waals surface area contributed by atoms with Gasteiger partial charge in [0.2, 0.25) is 5.89 Å². The van der Waals surface area contributed by atoms with Crippen molar-refractivity contribution in [2.45, 2.75) is 50.6 Å². The average Bonchev–Trinajstić information content (AvgIpc) is 3.18. The topological polar surface area (TPSA) is 42.2 Å². The van der Waals surface area contributed by atoms with Gasteiger partial charge in [-0.1, -0.05) is 85.1 Å². The first-order chi connectivity index (χ1) is 13.3. The maximum atomic E-state index is 5.65. The zero-order valence-corrected chi connectivity index (χ0v) is 15.9. The fraction of sp³-hybridized carbons (Fsp3) is 0.391. The molecule has 1 aromatic heterocycles. The van der Waals surface area contributed by atoms with Gasteiger partial charge in [0.15, 0.2) is 5.82 Å². The fourth-order valence-electron chi connectivity index (χ4n) is 4.10. The van der Waals surface area contributed by atoms with E-state index in [2.05, 4.69) is 65.6 Å². The monoisotopic (exact) mass is 361 g/mol. The highest BCUT2D eigenvalue weighted by molar-refractivity contribution is 5.37. The minimum atomic E-state index is -0.00936. The Morgan fingerprint density at radius 2 is 1.52 bits per heavy atom. The van der Waals surface area contributed by atoms with Gasteiger partial charge in [-0.15, -0.1) is 0 Å². The Bertz CT molecular complexity index is 786. The third-order valence-electron chi connectivity index (χ3n) is 5.59. The normalized spacial score (nSPS) is 15.5. The van der Waals surface area contributed by atoms with E-state index in [1.165, 1.54) is 43.2 Å². The van der Waals surface area contributed by atoms with E-state index in [0.717, 1.165) is 5.82 Å². The number of hydrogen-bond donors (Lipinski definition) is 0. The summed E-state index contributed by atoms with van der Waals surface area (Å²) in [6.45, 7) is 0.716. The summed E-state index contributed by atoms with van der Waals surface area (Å²) in [6, 6.07) is 21.4. The van der Waals surface area contributed by atoms with Crippen molar-refractivity contribution in [2.75, 3.05) is 7.05 Å². The van der Waals surface area contributed by atoms with Gasteiger partial charge in [0.05, 0.1) is 12.5 Å². The molecule has 1 aliphatic carbocycles. The van der Waals surface area contributed by atoms with Gasteiger partial charge in [-0.25, -0.2) is 0 Å². The van der Waals surface area contributed by atoms with Crippen LogP contribution in [0.1, 0.15) is 60.9 Å². The van der Waals surface area contributed by atoms with Crippen LogP contribution in [0.5, 0.6) is 0 Å². The number of benzene rings is 2. The molecule has 0 N–H and O–H groups in total. The number of nitrogens with zero attached hydrogens (tertiary/aromatic N) is 3. The third kappa shape index (κ3) is 4.28. The molecule has 2 aromatic carbocycles. The van der Waals surface area contributed by atoms with E-state index in [4.69, 9.17) is 9.51 Å². The van der Waals surface area contributed by atoms with Crippen molar-refractivity contribution in [1.29, 1.82) is 0 Å². The molecule has 1 aliphatic rings. The van der Waals surface area contributed by atoms with Gasteiger partial charge < -0.3 is 4.52 Å². The fourth-order valence-corrected chi connectivity index (χ4v) is 4.10. The van der Waals surface area contributed by atoms with E-state index in [-0.39, 0.29) is 5.92 Å². The molecule has 0 aliphatic heterocycles. The molecule has 4 rings (SSSR count). The van der Waals surface area contributed by atoms with Crippen LogP contribution < -0.4 is 0 Å². The Morgan fingerprint density at radius 1 is 0.926 bits per heavy atom. The van der Waals surface area contributed by atoms with Crippen molar-refractivity contribution in [3.63, 3.8) is 0 Å². The van der Waals surface area contributed by atoms with E-state index in [1.807, 2.05) is 12.1 Å². The first-order valence-electron chi connectivity index (χ1n) is 9.94. The van der Waals surface area contributed by atoms with Crippen LogP contribution in [-0.2, 0) is 6.54 Å². The molecule has 0 spiro atoms. The van der Waals surface area contributed by atoms with Crippen molar-refractivity contribution in [3.05, 3.63) is 83.5 Å². The second-order valence-corrected chi connectivity index (χ2v) is 7.51. The molecule has 0 unspecified atom stereocenters. The summed E-state index contributed by atoms with van der Waals surface area (Å²) in [5.41, 5.74) is 2.35. The van der Waals surface area contributed by atoms with Crippen molar-refractivity contribution in [2.24, 2.45) is 0 Å². The van der Waals surface area contributed by atoms with Gasteiger partial charge in [0.25, 0.3) is 0 Å². The molecular weight excluding hydrogens is 334 g/mol. The lowest BCUT2D eigenvalue weighted by atomic mass is 9.91. The lowest BCUT2D eigenvalue weighted by Crippen LogP contribution is -2.32. The second-order valence-electron chi connectivity index (χ2n) is 7.51. The van der Waals surface area contributed by atoms with Gasteiger partial charge >= 0.3 is 0 Å². The van der Waals surface area contributed by atoms with Gasteiger partial charge in [0.1, 0.15) is 0 Å². The lowest BCUT2D eigenvalue weighted by Gasteiger charge is -2.29. The minimum absolute atomic E-state index is 0.00936. The molecule has 3 aromatic rings. The van der Waals surface area contributed by atoms with Crippen LogP contribution in [0.25, 0.3) is 0 Å². The molecule has 0 amide bonds.